The van der Waals surface area contributed by atoms with Crippen LogP contribution < -0.4 is 0 Å². The van der Waals surface area contributed by atoms with Gasteiger partial charge in [-0.1, -0.05) is 48.4 Å². The minimum absolute atomic E-state index is 0.152. The molecule has 0 saturated carbocycles. The third kappa shape index (κ3) is 2.14. The molecule has 1 heteroatoms. The lowest BCUT2D eigenvalue weighted by Crippen LogP contribution is -2.28. The number of allylic oxidation sites excluding steroid dienone is 3. The Morgan fingerprint density at radius 2 is 2.14 bits per heavy atom. The fraction of sp³-hybridized carbons (Fsp3) is 0.450. The average molecular weight is 277 g/mol. The largest absolute Gasteiger partial charge is 0.198 e. The van der Waals surface area contributed by atoms with Crippen molar-refractivity contribution in [3.8, 4) is 6.07 Å². The van der Waals surface area contributed by atoms with Gasteiger partial charge in [0.05, 0.1) is 6.07 Å². The molecule has 2 atom stereocenters. The number of benzene rings is 1. The van der Waals surface area contributed by atoms with E-state index in [0.717, 1.165) is 0 Å². The zero-order valence-electron chi connectivity index (χ0n) is 13.2. The number of hydrogen-bond donors (Lipinski definition) is 0. The maximum absolute atomic E-state index is 9.01. The number of hydrogen-bond acceptors (Lipinski definition) is 1. The Labute approximate surface area is 128 Å². The third-order valence-corrected chi connectivity index (χ3v) is 5.64. The van der Waals surface area contributed by atoms with Crippen LogP contribution in [0.25, 0.3) is 6.08 Å². The highest BCUT2D eigenvalue weighted by Gasteiger charge is 2.35. The lowest BCUT2D eigenvalue weighted by molar-refractivity contribution is 0.452. The van der Waals surface area contributed by atoms with Gasteiger partial charge in [0.1, 0.15) is 0 Å². The van der Waals surface area contributed by atoms with Crippen molar-refractivity contribution in [2.24, 2.45) is 0 Å². The van der Waals surface area contributed by atoms with E-state index in [-0.39, 0.29) is 11.3 Å². The zero-order valence-corrected chi connectivity index (χ0v) is 13.2. The predicted molar refractivity (Wildman–Crippen MR) is 88.0 cm³/mol. The monoisotopic (exact) mass is 277 g/mol. The van der Waals surface area contributed by atoms with Crippen LogP contribution in [0.4, 0.5) is 0 Å². The fourth-order valence-electron chi connectivity index (χ4n) is 4.06. The van der Waals surface area contributed by atoms with Gasteiger partial charge in [-0.05, 0) is 49.8 Å². The van der Waals surface area contributed by atoms with Crippen molar-refractivity contribution in [3.05, 3.63) is 52.1 Å². The molecule has 1 nitrogen and oxygen atoms in total. The SMILES string of the molecule is CC1=C(C)C(C)(c2cccc3c2C=CC3CC#N)CCC1. The summed E-state index contributed by atoms with van der Waals surface area (Å²) in [6, 6.07) is 8.97. The molecule has 108 valence electrons. The van der Waals surface area contributed by atoms with Crippen LogP contribution >= 0.6 is 0 Å². The molecule has 0 fully saturated rings. The highest BCUT2D eigenvalue weighted by molar-refractivity contribution is 5.68. The Hall–Kier alpha value is -1.81. The van der Waals surface area contributed by atoms with Crippen LogP contribution in [0.1, 0.15) is 69.1 Å². The molecule has 3 rings (SSSR count). The van der Waals surface area contributed by atoms with Crippen LogP contribution in [-0.2, 0) is 5.41 Å². The molecule has 0 amide bonds. The van der Waals surface area contributed by atoms with Crippen LogP contribution in [0.15, 0.2) is 35.4 Å². The molecule has 0 bridgehead atoms. The number of nitriles is 1. The molecule has 1 aromatic rings. The normalized spacial score (nSPS) is 27.6. The fourth-order valence-corrected chi connectivity index (χ4v) is 4.06. The van der Waals surface area contributed by atoms with Crippen molar-refractivity contribution in [2.75, 3.05) is 0 Å². The molecule has 1 aromatic carbocycles. The van der Waals surface area contributed by atoms with Crippen molar-refractivity contribution < 1.29 is 0 Å². The maximum Gasteiger partial charge on any atom is 0.0631 e. The van der Waals surface area contributed by atoms with Gasteiger partial charge in [0.25, 0.3) is 0 Å². The van der Waals surface area contributed by atoms with Gasteiger partial charge in [0.2, 0.25) is 0 Å². The number of nitrogens with zero attached hydrogens (tertiary/aromatic N) is 1. The molecule has 0 aromatic heterocycles. The van der Waals surface area contributed by atoms with E-state index in [1.54, 1.807) is 11.1 Å². The minimum atomic E-state index is 0.152. The Kier molecular flexibility index (Phi) is 3.49. The predicted octanol–water partition coefficient (Wildman–Crippen LogP) is 5.49. The average Bonchev–Trinajstić information content (AvgIpc) is 2.88. The molecular formula is C20H23N. The summed E-state index contributed by atoms with van der Waals surface area (Å²) in [5.74, 6) is 0.280. The van der Waals surface area contributed by atoms with E-state index in [4.69, 9.17) is 5.26 Å². The second-order valence-corrected chi connectivity index (χ2v) is 6.73. The van der Waals surface area contributed by atoms with Gasteiger partial charge in [0.15, 0.2) is 0 Å². The van der Waals surface area contributed by atoms with Crippen LogP contribution in [0, 0.1) is 11.3 Å². The standard InChI is InChI=1S/C20H23N/c1-14-6-5-12-20(3,15(14)2)19-8-4-7-17-16(11-13-21)9-10-18(17)19/h4,7-10,16H,5-6,11-12H2,1-3H3. The van der Waals surface area contributed by atoms with Crippen LogP contribution in [-0.4, -0.2) is 0 Å². The van der Waals surface area contributed by atoms with E-state index in [2.05, 4.69) is 57.2 Å². The number of fused-ring (bicyclic) bond motifs is 1. The van der Waals surface area contributed by atoms with Gasteiger partial charge < -0.3 is 0 Å². The molecule has 0 aliphatic heterocycles. The van der Waals surface area contributed by atoms with Gasteiger partial charge in [-0.15, -0.1) is 0 Å². The maximum atomic E-state index is 9.01. The molecule has 0 N–H and O–H groups in total. The van der Waals surface area contributed by atoms with Crippen molar-refractivity contribution >= 4 is 6.08 Å². The summed E-state index contributed by atoms with van der Waals surface area (Å²) >= 11 is 0. The lowest BCUT2D eigenvalue weighted by Gasteiger charge is -2.38. The highest BCUT2D eigenvalue weighted by Crippen LogP contribution is 2.47. The summed E-state index contributed by atoms with van der Waals surface area (Å²) in [6.07, 6.45) is 8.77. The summed E-state index contributed by atoms with van der Waals surface area (Å²) < 4.78 is 0. The zero-order chi connectivity index (χ0) is 15.0. The summed E-state index contributed by atoms with van der Waals surface area (Å²) in [4.78, 5) is 0. The molecular weight excluding hydrogens is 254 g/mol. The molecule has 21 heavy (non-hydrogen) atoms. The van der Waals surface area contributed by atoms with Crippen molar-refractivity contribution in [2.45, 2.75) is 57.8 Å². The molecule has 2 aliphatic rings. The lowest BCUT2D eigenvalue weighted by atomic mass is 9.66. The summed E-state index contributed by atoms with van der Waals surface area (Å²) in [7, 11) is 0. The first-order chi connectivity index (χ1) is 10.1. The molecule has 0 heterocycles. The first-order valence-corrected chi connectivity index (χ1v) is 7.93. The van der Waals surface area contributed by atoms with Crippen molar-refractivity contribution in [3.63, 3.8) is 0 Å². The van der Waals surface area contributed by atoms with Gasteiger partial charge >= 0.3 is 0 Å². The molecule has 0 radical (unpaired) electrons. The van der Waals surface area contributed by atoms with Gasteiger partial charge in [-0.3, -0.25) is 0 Å². The summed E-state index contributed by atoms with van der Waals surface area (Å²) in [6.45, 7) is 6.98. The molecule has 0 saturated heterocycles. The first-order valence-electron chi connectivity index (χ1n) is 7.93. The highest BCUT2D eigenvalue weighted by atomic mass is 14.4. The second kappa shape index (κ2) is 5.19. The Bertz CT molecular complexity index is 672. The van der Waals surface area contributed by atoms with E-state index in [1.807, 2.05) is 0 Å². The minimum Gasteiger partial charge on any atom is -0.198 e. The van der Waals surface area contributed by atoms with Gasteiger partial charge in [0, 0.05) is 17.8 Å². The smallest absolute Gasteiger partial charge is 0.0631 e. The molecule has 2 unspecified atom stereocenters. The topological polar surface area (TPSA) is 23.8 Å². The quantitative estimate of drug-likeness (QED) is 0.656. The molecule has 0 spiro atoms. The summed E-state index contributed by atoms with van der Waals surface area (Å²) in [5, 5.41) is 9.01. The Morgan fingerprint density at radius 3 is 2.90 bits per heavy atom. The van der Waals surface area contributed by atoms with Crippen LogP contribution in [0.3, 0.4) is 0 Å². The molecule has 2 aliphatic carbocycles. The number of rotatable bonds is 2. The van der Waals surface area contributed by atoms with E-state index in [0.29, 0.717) is 6.42 Å². The van der Waals surface area contributed by atoms with Crippen molar-refractivity contribution in [1.29, 1.82) is 5.26 Å². The second-order valence-electron chi connectivity index (χ2n) is 6.73. The van der Waals surface area contributed by atoms with Crippen LogP contribution in [0.5, 0.6) is 0 Å². The first kappa shape index (κ1) is 14.1. The van der Waals surface area contributed by atoms with Gasteiger partial charge in [-0.2, -0.15) is 5.26 Å². The van der Waals surface area contributed by atoms with E-state index >= 15 is 0 Å². The van der Waals surface area contributed by atoms with E-state index in [9.17, 15) is 0 Å². The van der Waals surface area contributed by atoms with Crippen molar-refractivity contribution in [1.82, 2.24) is 0 Å². The Morgan fingerprint density at radius 1 is 1.33 bits per heavy atom. The summed E-state index contributed by atoms with van der Waals surface area (Å²) in [5.41, 5.74) is 7.41. The Balaban J connectivity index is 2.12. The third-order valence-electron chi connectivity index (χ3n) is 5.64. The van der Waals surface area contributed by atoms with E-state index < -0.39 is 0 Å². The van der Waals surface area contributed by atoms with Crippen LogP contribution in [0.2, 0.25) is 0 Å². The van der Waals surface area contributed by atoms with E-state index in [1.165, 1.54) is 36.0 Å². The van der Waals surface area contributed by atoms with Gasteiger partial charge in [-0.25, -0.2) is 0 Å².